The van der Waals surface area contributed by atoms with Crippen molar-refractivity contribution in [2.24, 2.45) is 10.6 Å². The van der Waals surface area contributed by atoms with Crippen molar-refractivity contribution in [1.29, 1.82) is 0 Å². The molecule has 0 aromatic rings. The number of rotatable bonds is 2. The van der Waals surface area contributed by atoms with Crippen molar-refractivity contribution in [3.8, 4) is 0 Å². The normalized spacial score (nSPS) is 30.1. The van der Waals surface area contributed by atoms with Crippen molar-refractivity contribution in [2.45, 2.75) is 57.5 Å². The molecule has 2 N–H and O–H groups in total. The third kappa shape index (κ3) is 3.42. The van der Waals surface area contributed by atoms with Gasteiger partial charge in [-0.05, 0) is 24.7 Å². The first-order valence-corrected chi connectivity index (χ1v) is 8.36. The zero-order valence-electron chi connectivity index (χ0n) is 10.4. The van der Waals surface area contributed by atoms with Crippen LogP contribution in [0.3, 0.4) is 0 Å². The fourth-order valence-electron chi connectivity index (χ4n) is 3.36. The van der Waals surface area contributed by atoms with Crippen molar-refractivity contribution in [1.82, 2.24) is 0 Å². The van der Waals surface area contributed by atoms with E-state index in [1.165, 1.54) is 32.1 Å². The lowest BCUT2D eigenvalue weighted by Crippen LogP contribution is -2.39. The van der Waals surface area contributed by atoms with E-state index in [2.05, 4.69) is 0 Å². The second kappa shape index (κ2) is 5.24. The van der Waals surface area contributed by atoms with Crippen LogP contribution >= 0.6 is 0 Å². The summed E-state index contributed by atoms with van der Waals surface area (Å²) in [5.74, 6) is -0.00694. The molecule has 1 spiro atoms. The molecule has 2 rings (SSSR count). The first-order valence-electron chi connectivity index (χ1n) is 6.64. The zero-order chi connectivity index (χ0) is 12.4. The summed E-state index contributed by atoms with van der Waals surface area (Å²) >= 11 is 0. The Labute approximate surface area is 104 Å². The second-order valence-corrected chi connectivity index (χ2v) is 7.23. The smallest absolute Gasteiger partial charge is 0.211 e. The van der Waals surface area contributed by atoms with Gasteiger partial charge in [0, 0.05) is 6.61 Å². The predicted octanol–water partition coefficient (Wildman–Crippen LogP) is 1.79. The Bertz CT molecular complexity index is 345. The number of primary sulfonamides is 1. The molecule has 1 aliphatic carbocycles. The molecule has 4 nitrogen and oxygen atoms in total. The van der Waals surface area contributed by atoms with E-state index in [1.54, 1.807) is 0 Å². The minimum atomic E-state index is -3.43. The first-order chi connectivity index (χ1) is 8.02. The topological polar surface area (TPSA) is 69.4 Å². The Hall–Kier alpha value is -0.130. The molecular weight excluding hydrogens is 238 g/mol. The molecule has 17 heavy (non-hydrogen) atoms. The van der Waals surface area contributed by atoms with Crippen LogP contribution in [0.4, 0.5) is 0 Å². The van der Waals surface area contributed by atoms with Crippen LogP contribution in [0.25, 0.3) is 0 Å². The monoisotopic (exact) mass is 261 g/mol. The summed E-state index contributed by atoms with van der Waals surface area (Å²) < 4.78 is 28.2. The van der Waals surface area contributed by atoms with Gasteiger partial charge in [0.05, 0.1) is 11.9 Å². The Balaban J connectivity index is 2.09. The van der Waals surface area contributed by atoms with Crippen molar-refractivity contribution < 1.29 is 13.2 Å². The molecule has 0 aromatic heterocycles. The molecule has 0 bridgehead atoms. The fraction of sp³-hybridized carbons (Fsp3) is 1.00. The van der Waals surface area contributed by atoms with E-state index in [9.17, 15) is 8.42 Å². The number of hydrogen-bond donors (Lipinski definition) is 1. The van der Waals surface area contributed by atoms with E-state index in [0.717, 1.165) is 19.3 Å². The molecule has 2 aliphatic rings. The van der Waals surface area contributed by atoms with Gasteiger partial charge in [-0.25, -0.2) is 13.6 Å². The number of nitrogens with two attached hydrogens (primary N) is 1. The third-order valence-corrected chi connectivity index (χ3v) is 5.10. The maximum atomic E-state index is 11.3. The summed E-state index contributed by atoms with van der Waals surface area (Å²) in [6.07, 6.45) is 9.29. The quantitative estimate of drug-likeness (QED) is 0.824. The van der Waals surface area contributed by atoms with Crippen molar-refractivity contribution in [3.05, 3.63) is 0 Å². The summed E-state index contributed by atoms with van der Waals surface area (Å²) in [5, 5.41) is 5.17. The number of hydrogen-bond acceptors (Lipinski definition) is 3. The van der Waals surface area contributed by atoms with Crippen LogP contribution in [-0.2, 0) is 14.8 Å². The molecule has 0 aromatic carbocycles. The van der Waals surface area contributed by atoms with E-state index < -0.39 is 10.0 Å². The van der Waals surface area contributed by atoms with Gasteiger partial charge < -0.3 is 4.74 Å². The van der Waals surface area contributed by atoms with E-state index in [0.29, 0.717) is 6.61 Å². The molecule has 0 amide bonds. The highest BCUT2D eigenvalue weighted by atomic mass is 32.2. The van der Waals surface area contributed by atoms with Gasteiger partial charge in [0.25, 0.3) is 0 Å². The van der Waals surface area contributed by atoms with Crippen molar-refractivity contribution >= 4 is 10.0 Å². The molecule has 5 heteroatoms. The Morgan fingerprint density at radius 1 is 1.06 bits per heavy atom. The van der Waals surface area contributed by atoms with Crippen LogP contribution in [0, 0.1) is 5.41 Å². The van der Waals surface area contributed by atoms with Gasteiger partial charge >= 0.3 is 0 Å². The molecule has 1 saturated heterocycles. The lowest BCUT2D eigenvalue weighted by atomic mass is 9.72. The van der Waals surface area contributed by atoms with E-state index in [4.69, 9.17) is 9.88 Å². The molecule has 100 valence electrons. The lowest BCUT2D eigenvalue weighted by Gasteiger charge is -2.35. The minimum Gasteiger partial charge on any atom is -0.377 e. The van der Waals surface area contributed by atoms with Crippen LogP contribution in [0.15, 0.2) is 0 Å². The van der Waals surface area contributed by atoms with Crippen LogP contribution in [0.2, 0.25) is 0 Å². The van der Waals surface area contributed by atoms with Gasteiger partial charge in [-0.1, -0.05) is 32.1 Å². The van der Waals surface area contributed by atoms with Crippen LogP contribution in [-0.4, -0.2) is 26.9 Å². The molecule has 2 fully saturated rings. The van der Waals surface area contributed by atoms with Crippen molar-refractivity contribution in [3.63, 3.8) is 0 Å². The van der Waals surface area contributed by atoms with Crippen LogP contribution < -0.4 is 5.14 Å². The fourth-order valence-corrected chi connectivity index (χ4v) is 4.23. The summed E-state index contributed by atoms with van der Waals surface area (Å²) in [4.78, 5) is 0. The van der Waals surface area contributed by atoms with E-state index in [-0.39, 0.29) is 17.3 Å². The van der Waals surface area contributed by atoms with E-state index in [1.807, 2.05) is 0 Å². The highest BCUT2D eigenvalue weighted by molar-refractivity contribution is 7.89. The van der Waals surface area contributed by atoms with Crippen LogP contribution in [0.5, 0.6) is 0 Å². The second-order valence-electron chi connectivity index (χ2n) is 5.57. The van der Waals surface area contributed by atoms with Gasteiger partial charge in [0.2, 0.25) is 10.0 Å². The highest BCUT2D eigenvalue weighted by Gasteiger charge is 2.44. The first kappa shape index (κ1) is 13.3. The van der Waals surface area contributed by atoms with Gasteiger partial charge in [0.1, 0.15) is 0 Å². The largest absolute Gasteiger partial charge is 0.377 e. The molecule has 1 heterocycles. The molecular formula is C12H23NO3S. The highest BCUT2D eigenvalue weighted by Crippen LogP contribution is 2.45. The SMILES string of the molecule is NS(=O)(=O)CC1OCCC12CCCCCCC2. The van der Waals surface area contributed by atoms with Crippen LogP contribution in [0.1, 0.15) is 51.4 Å². The molecule has 1 atom stereocenters. The average Bonchev–Trinajstić information content (AvgIpc) is 2.54. The van der Waals surface area contributed by atoms with Gasteiger partial charge in [0.15, 0.2) is 0 Å². The minimum absolute atomic E-state index is 0.00694. The maximum absolute atomic E-state index is 11.3. The Morgan fingerprint density at radius 2 is 1.65 bits per heavy atom. The maximum Gasteiger partial charge on any atom is 0.211 e. The standard InChI is InChI=1S/C12H23NO3S/c13-17(14,15)10-11-12(8-9-16-11)6-4-2-1-3-5-7-12/h11H,1-10H2,(H2,13,14,15). The number of ether oxygens (including phenoxy) is 1. The lowest BCUT2D eigenvalue weighted by molar-refractivity contribution is 0.0509. The average molecular weight is 261 g/mol. The molecule has 1 unspecified atom stereocenters. The number of sulfonamides is 1. The molecule has 0 radical (unpaired) electrons. The summed E-state index contributed by atoms with van der Waals surface area (Å²) in [5.41, 5.74) is 0.0901. The predicted molar refractivity (Wildman–Crippen MR) is 67.1 cm³/mol. The zero-order valence-corrected chi connectivity index (χ0v) is 11.2. The van der Waals surface area contributed by atoms with Crippen molar-refractivity contribution in [2.75, 3.05) is 12.4 Å². The summed E-state index contributed by atoms with van der Waals surface area (Å²) in [7, 11) is -3.43. The molecule has 1 saturated carbocycles. The summed E-state index contributed by atoms with van der Waals surface area (Å²) in [6.45, 7) is 0.695. The van der Waals surface area contributed by atoms with Gasteiger partial charge in [-0.2, -0.15) is 0 Å². The Morgan fingerprint density at radius 3 is 2.24 bits per heavy atom. The third-order valence-electron chi connectivity index (χ3n) is 4.34. The Kier molecular flexibility index (Phi) is 4.10. The summed E-state index contributed by atoms with van der Waals surface area (Å²) in [6, 6.07) is 0. The van der Waals surface area contributed by atoms with Gasteiger partial charge in [-0.3, -0.25) is 0 Å². The van der Waals surface area contributed by atoms with E-state index >= 15 is 0 Å². The molecule has 1 aliphatic heterocycles. The van der Waals surface area contributed by atoms with Gasteiger partial charge in [-0.15, -0.1) is 0 Å².